The zero-order chi connectivity index (χ0) is 12.6. The Balaban J connectivity index is 0.000000487. The predicted molar refractivity (Wildman–Crippen MR) is 59.4 cm³/mol. The Bertz CT molecular complexity index is 343. The molecule has 6 heteroatoms. The number of ketones is 1. The highest BCUT2D eigenvalue weighted by molar-refractivity contribution is 7.30. The number of Topliss-reactive ketones (excluding diaryl/α,β-unsaturated/α-hetero) is 1. The smallest absolute Gasteiger partial charge is 0.497 e. The molecule has 0 aliphatic rings. The highest BCUT2D eigenvalue weighted by atomic mass is 31.1. The number of carbonyl (C=O) groups excluding carboxylic acids is 1. The molecule has 1 rings (SSSR count). The minimum atomic E-state index is -2.87. The summed E-state index contributed by atoms with van der Waals surface area (Å²) in [5.74, 6) is 1.00. The second kappa shape index (κ2) is 7.93. The van der Waals surface area contributed by atoms with Crippen molar-refractivity contribution in [3.63, 3.8) is 0 Å². The number of hydrogen-bond acceptors (Lipinski definition) is 3. The van der Waals surface area contributed by atoms with Crippen LogP contribution in [0.4, 0.5) is 0 Å². The van der Waals surface area contributed by atoms with Crippen molar-refractivity contribution < 1.29 is 23.9 Å². The van der Waals surface area contributed by atoms with E-state index >= 15 is 0 Å². The van der Waals surface area contributed by atoms with Crippen molar-refractivity contribution in [3.05, 3.63) is 29.8 Å². The van der Waals surface area contributed by atoms with Crippen LogP contribution in [0.5, 0.6) is 5.75 Å². The van der Waals surface area contributed by atoms with Crippen LogP contribution >= 0.6 is 8.25 Å². The van der Waals surface area contributed by atoms with Crippen molar-refractivity contribution in [1.29, 1.82) is 0 Å². The number of ether oxygens (including phenoxy) is 1. The number of benzene rings is 1. The normalized spacial score (nSPS) is 8.75. The quantitative estimate of drug-likeness (QED) is 0.787. The minimum Gasteiger partial charge on any atom is -0.497 e. The van der Waals surface area contributed by atoms with E-state index in [1.54, 1.807) is 14.0 Å². The van der Waals surface area contributed by atoms with Crippen molar-refractivity contribution in [3.8, 4) is 5.75 Å². The Morgan fingerprint density at radius 3 is 2.06 bits per heavy atom. The molecule has 0 amide bonds. The van der Waals surface area contributed by atoms with Gasteiger partial charge in [-0.05, 0) is 24.6 Å². The molecule has 0 aliphatic carbocycles. The van der Waals surface area contributed by atoms with E-state index in [2.05, 4.69) is 0 Å². The summed E-state index contributed by atoms with van der Waals surface area (Å²) in [5, 5.41) is 0. The Labute approximate surface area is 94.6 Å². The maximum absolute atomic E-state index is 10.7. The summed E-state index contributed by atoms with van der Waals surface area (Å²) in [6.45, 7) is 1.59. The molecule has 0 spiro atoms. The molecule has 0 radical (unpaired) electrons. The predicted octanol–water partition coefficient (Wildman–Crippen LogP) is 1.46. The fraction of sp³-hybridized carbons (Fsp3) is 0.300. The first kappa shape index (κ1) is 14.7. The molecule has 0 fully saturated rings. The van der Waals surface area contributed by atoms with Crippen molar-refractivity contribution in [1.82, 2.24) is 0 Å². The van der Waals surface area contributed by atoms with Gasteiger partial charge >= 0.3 is 8.25 Å². The molecular formula is C10H14O5P+. The maximum Gasteiger partial charge on any atom is 0.692 e. The molecule has 0 atom stereocenters. The summed E-state index contributed by atoms with van der Waals surface area (Å²) in [7, 11) is -1.25. The molecule has 88 valence electrons. The third-order valence-electron chi connectivity index (χ3n) is 1.61. The van der Waals surface area contributed by atoms with Crippen molar-refractivity contribution in [2.24, 2.45) is 0 Å². The van der Waals surface area contributed by atoms with Crippen LogP contribution in [0, 0.1) is 0 Å². The van der Waals surface area contributed by atoms with Crippen LogP contribution < -0.4 is 4.74 Å². The number of hydrogen-bond donors (Lipinski definition) is 2. The van der Waals surface area contributed by atoms with E-state index in [0.717, 1.165) is 11.3 Å². The molecule has 2 N–H and O–H groups in total. The molecule has 0 saturated carbocycles. The summed E-state index contributed by atoms with van der Waals surface area (Å²) in [4.78, 5) is 25.0. The summed E-state index contributed by atoms with van der Waals surface area (Å²) in [5.41, 5.74) is 1.03. The van der Waals surface area contributed by atoms with Gasteiger partial charge in [0.1, 0.15) is 11.5 Å². The first-order valence-electron chi connectivity index (χ1n) is 4.43. The van der Waals surface area contributed by atoms with Crippen LogP contribution in [0.1, 0.15) is 12.5 Å². The molecule has 1 aromatic rings. The molecule has 0 heterocycles. The van der Waals surface area contributed by atoms with Crippen molar-refractivity contribution in [2.45, 2.75) is 13.3 Å². The number of carbonyl (C=O) groups is 1. The van der Waals surface area contributed by atoms with E-state index in [4.69, 9.17) is 19.1 Å². The fourth-order valence-corrected chi connectivity index (χ4v) is 1.03. The summed E-state index contributed by atoms with van der Waals surface area (Å²) >= 11 is 0. The Kier molecular flexibility index (Phi) is 7.29. The Morgan fingerprint density at radius 2 is 1.75 bits per heavy atom. The van der Waals surface area contributed by atoms with Crippen LogP contribution in [-0.2, 0) is 15.8 Å². The number of rotatable bonds is 3. The first-order chi connectivity index (χ1) is 7.45. The van der Waals surface area contributed by atoms with Gasteiger partial charge in [-0.3, -0.25) is 4.79 Å². The minimum absolute atomic E-state index is 0.181. The highest BCUT2D eigenvalue weighted by Crippen LogP contribution is 2.11. The molecule has 1 aromatic carbocycles. The van der Waals surface area contributed by atoms with Crippen LogP contribution in [0.25, 0.3) is 0 Å². The lowest BCUT2D eigenvalue weighted by Gasteiger charge is -2.00. The standard InChI is InChI=1S/C10H12O2.HO3P/c1-8(11)7-9-3-5-10(12-2)6-4-9;1-4(2)3/h3-6H,7H2,1-2H3;(H-,1,2,3)/p+1. The second-order valence-electron chi connectivity index (χ2n) is 2.98. The van der Waals surface area contributed by atoms with E-state index in [-0.39, 0.29) is 5.78 Å². The van der Waals surface area contributed by atoms with Gasteiger partial charge in [-0.25, -0.2) is 0 Å². The van der Waals surface area contributed by atoms with E-state index in [0.29, 0.717) is 6.42 Å². The third kappa shape index (κ3) is 8.05. The third-order valence-corrected chi connectivity index (χ3v) is 1.61. The lowest BCUT2D eigenvalue weighted by Crippen LogP contribution is -1.95. The average Bonchev–Trinajstić information content (AvgIpc) is 2.17. The van der Waals surface area contributed by atoms with Gasteiger partial charge in [0.2, 0.25) is 0 Å². The Morgan fingerprint density at radius 1 is 1.31 bits per heavy atom. The molecule has 0 saturated heterocycles. The van der Waals surface area contributed by atoms with Gasteiger partial charge < -0.3 is 4.74 Å². The monoisotopic (exact) mass is 245 g/mol. The summed E-state index contributed by atoms with van der Waals surface area (Å²) in [6.07, 6.45) is 0.504. The lowest BCUT2D eigenvalue weighted by molar-refractivity contribution is -0.116. The van der Waals surface area contributed by atoms with Gasteiger partial charge in [0, 0.05) is 11.0 Å². The topological polar surface area (TPSA) is 83.8 Å². The molecule has 0 aliphatic heterocycles. The van der Waals surface area contributed by atoms with E-state index in [9.17, 15) is 4.79 Å². The van der Waals surface area contributed by atoms with Crippen LogP contribution in [0.2, 0.25) is 0 Å². The first-order valence-corrected chi connectivity index (χ1v) is 5.59. The van der Waals surface area contributed by atoms with Crippen molar-refractivity contribution in [2.75, 3.05) is 7.11 Å². The van der Waals surface area contributed by atoms with E-state index in [1.165, 1.54) is 0 Å². The van der Waals surface area contributed by atoms with E-state index in [1.807, 2.05) is 24.3 Å². The zero-order valence-corrected chi connectivity index (χ0v) is 9.98. The average molecular weight is 245 g/mol. The Hall–Kier alpha value is -1.29. The molecule has 0 unspecified atom stereocenters. The molecule has 0 bridgehead atoms. The molecular weight excluding hydrogens is 231 g/mol. The molecule has 0 aromatic heterocycles. The lowest BCUT2D eigenvalue weighted by atomic mass is 10.1. The number of methoxy groups -OCH3 is 1. The van der Waals surface area contributed by atoms with E-state index < -0.39 is 8.25 Å². The van der Waals surface area contributed by atoms with Crippen molar-refractivity contribution >= 4 is 14.0 Å². The van der Waals surface area contributed by atoms with Gasteiger partial charge in [-0.15, -0.1) is 9.79 Å². The largest absolute Gasteiger partial charge is 0.692 e. The van der Waals surface area contributed by atoms with Gasteiger partial charge in [-0.2, -0.15) is 0 Å². The second-order valence-corrected chi connectivity index (χ2v) is 3.49. The summed E-state index contributed by atoms with van der Waals surface area (Å²) in [6, 6.07) is 7.52. The maximum atomic E-state index is 10.7. The van der Waals surface area contributed by atoms with Gasteiger partial charge in [-0.1, -0.05) is 12.1 Å². The van der Waals surface area contributed by atoms with Gasteiger partial charge in [0.25, 0.3) is 0 Å². The van der Waals surface area contributed by atoms with Crippen LogP contribution in [0.3, 0.4) is 0 Å². The van der Waals surface area contributed by atoms with Gasteiger partial charge in [0.05, 0.1) is 7.11 Å². The highest BCUT2D eigenvalue weighted by Gasteiger charge is 1.97. The van der Waals surface area contributed by atoms with Crippen LogP contribution in [0.15, 0.2) is 24.3 Å². The zero-order valence-electron chi connectivity index (χ0n) is 9.08. The molecule has 16 heavy (non-hydrogen) atoms. The summed E-state index contributed by atoms with van der Waals surface area (Å²) < 4.78 is 13.7. The van der Waals surface area contributed by atoms with Gasteiger partial charge in [0.15, 0.2) is 0 Å². The molecule has 5 nitrogen and oxygen atoms in total. The van der Waals surface area contributed by atoms with Crippen LogP contribution in [-0.4, -0.2) is 22.7 Å². The SMILES string of the molecule is COc1ccc(CC(C)=O)cc1.O=[P+](O)O. The fourth-order valence-electron chi connectivity index (χ4n) is 1.03.